The summed E-state index contributed by atoms with van der Waals surface area (Å²) in [6, 6.07) is 20.3. The van der Waals surface area contributed by atoms with Crippen LogP contribution in [0, 0.1) is 0 Å². The third kappa shape index (κ3) is 4.30. The van der Waals surface area contributed by atoms with Gasteiger partial charge in [-0.3, -0.25) is 9.59 Å². The molecule has 2 N–H and O–H groups in total. The van der Waals surface area contributed by atoms with E-state index in [0.29, 0.717) is 17.1 Å². The summed E-state index contributed by atoms with van der Waals surface area (Å²) in [7, 11) is 1.84. The number of aromatic nitrogens is 1. The van der Waals surface area contributed by atoms with E-state index >= 15 is 0 Å². The van der Waals surface area contributed by atoms with Crippen LogP contribution in [0.1, 0.15) is 10.5 Å². The highest BCUT2D eigenvalue weighted by Gasteiger charge is 2.15. The molecule has 0 aliphatic carbocycles. The van der Waals surface area contributed by atoms with E-state index in [2.05, 4.69) is 10.6 Å². The number of hydrogen-bond donors (Lipinski definition) is 2. The van der Waals surface area contributed by atoms with Gasteiger partial charge in [-0.2, -0.15) is 0 Å². The average Bonchev–Trinajstić information content (AvgIpc) is 3.31. The Morgan fingerprint density at radius 2 is 1.72 bits per heavy atom. The maximum absolute atomic E-state index is 12.4. The molecular formula is C22H19N3O3S. The predicted octanol–water partition coefficient (Wildman–Crippen LogP) is 4.40. The number of benzene rings is 2. The van der Waals surface area contributed by atoms with Crippen molar-refractivity contribution in [1.82, 2.24) is 9.88 Å². The standard InChI is InChI=1S/C22H19N3O3S/c1-25-18-11-12-29-20(18)13-19(25)22(27)23-14-21(26)24-15-7-9-17(10-8-15)28-16-5-3-2-4-6-16/h2-13H,14H2,1H3,(H,23,27)(H,24,26). The van der Waals surface area contributed by atoms with Crippen molar-refractivity contribution in [3.05, 3.63) is 77.8 Å². The molecule has 29 heavy (non-hydrogen) atoms. The Balaban J connectivity index is 1.30. The van der Waals surface area contributed by atoms with Crippen LogP contribution in [-0.4, -0.2) is 22.9 Å². The lowest BCUT2D eigenvalue weighted by molar-refractivity contribution is -0.115. The Kier molecular flexibility index (Phi) is 5.31. The minimum atomic E-state index is -0.300. The van der Waals surface area contributed by atoms with E-state index < -0.39 is 0 Å². The van der Waals surface area contributed by atoms with Gasteiger partial charge in [0.1, 0.15) is 17.2 Å². The number of carbonyl (C=O) groups excluding carboxylic acids is 2. The van der Waals surface area contributed by atoms with Crippen molar-refractivity contribution in [2.75, 3.05) is 11.9 Å². The molecule has 0 unspecified atom stereocenters. The van der Waals surface area contributed by atoms with Gasteiger partial charge in [-0.25, -0.2) is 0 Å². The van der Waals surface area contributed by atoms with Crippen LogP contribution in [0.4, 0.5) is 5.69 Å². The highest BCUT2D eigenvalue weighted by atomic mass is 32.1. The number of rotatable bonds is 6. The molecule has 6 nitrogen and oxygen atoms in total. The third-order valence-electron chi connectivity index (χ3n) is 4.42. The lowest BCUT2D eigenvalue weighted by Gasteiger charge is -2.09. The number of ether oxygens (including phenoxy) is 1. The lowest BCUT2D eigenvalue weighted by Crippen LogP contribution is -2.33. The lowest BCUT2D eigenvalue weighted by atomic mass is 10.3. The van der Waals surface area contributed by atoms with Crippen molar-refractivity contribution in [2.24, 2.45) is 7.05 Å². The SMILES string of the molecule is Cn1c(C(=O)NCC(=O)Nc2ccc(Oc3ccccc3)cc2)cc2sccc21. The van der Waals surface area contributed by atoms with Crippen LogP contribution in [-0.2, 0) is 11.8 Å². The number of aryl methyl sites for hydroxylation is 1. The number of thiophene rings is 1. The molecule has 0 aliphatic heterocycles. The van der Waals surface area contributed by atoms with Crippen molar-refractivity contribution in [1.29, 1.82) is 0 Å². The quantitative estimate of drug-likeness (QED) is 0.499. The summed E-state index contributed by atoms with van der Waals surface area (Å²) in [4.78, 5) is 24.6. The fourth-order valence-corrected chi connectivity index (χ4v) is 3.80. The van der Waals surface area contributed by atoms with Gasteiger partial charge in [0.2, 0.25) is 5.91 Å². The van der Waals surface area contributed by atoms with E-state index in [1.54, 1.807) is 35.6 Å². The zero-order valence-corrected chi connectivity index (χ0v) is 16.5. The van der Waals surface area contributed by atoms with E-state index in [-0.39, 0.29) is 18.4 Å². The van der Waals surface area contributed by atoms with E-state index in [9.17, 15) is 9.59 Å². The molecule has 2 heterocycles. The summed E-state index contributed by atoms with van der Waals surface area (Å²) in [5, 5.41) is 7.41. The first-order chi connectivity index (χ1) is 14.1. The highest BCUT2D eigenvalue weighted by Crippen LogP contribution is 2.24. The summed E-state index contributed by atoms with van der Waals surface area (Å²) in [6.45, 7) is -0.111. The molecule has 0 saturated carbocycles. The van der Waals surface area contributed by atoms with Crippen molar-refractivity contribution in [2.45, 2.75) is 0 Å². The first-order valence-electron chi connectivity index (χ1n) is 9.04. The first kappa shape index (κ1) is 18.8. The van der Waals surface area contributed by atoms with Gasteiger partial charge >= 0.3 is 0 Å². The van der Waals surface area contributed by atoms with Crippen LogP contribution in [0.2, 0.25) is 0 Å². The number of nitrogens with zero attached hydrogens (tertiary/aromatic N) is 1. The molecule has 0 bridgehead atoms. The van der Waals surface area contributed by atoms with Crippen molar-refractivity contribution in [3.8, 4) is 11.5 Å². The number of para-hydroxylation sites is 1. The number of nitrogens with one attached hydrogen (secondary N) is 2. The van der Waals surface area contributed by atoms with Crippen molar-refractivity contribution in [3.63, 3.8) is 0 Å². The zero-order chi connectivity index (χ0) is 20.2. The smallest absolute Gasteiger partial charge is 0.268 e. The molecule has 0 atom stereocenters. The van der Waals surface area contributed by atoms with E-state index in [4.69, 9.17) is 4.74 Å². The largest absolute Gasteiger partial charge is 0.457 e. The second-order valence-corrected chi connectivity index (χ2v) is 7.38. The summed E-state index contributed by atoms with van der Waals surface area (Å²) in [5.41, 5.74) is 2.16. The normalized spacial score (nSPS) is 10.7. The van der Waals surface area contributed by atoms with Gasteiger partial charge in [-0.15, -0.1) is 11.3 Å². The average molecular weight is 405 g/mol. The van der Waals surface area contributed by atoms with Gasteiger partial charge in [-0.1, -0.05) is 18.2 Å². The summed E-state index contributed by atoms with van der Waals surface area (Å²) < 4.78 is 8.59. The summed E-state index contributed by atoms with van der Waals surface area (Å²) >= 11 is 1.58. The summed E-state index contributed by atoms with van der Waals surface area (Å²) in [6.07, 6.45) is 0. The second-order valence-electron chi connectivity index (χ2n) is 6.43. The molecule has 0 fully saturated rings. The summed E-state index contributed by atoms with van der Waals surface area (Å²) in [5.74, 6) is 0.836. The Morgan fingerprint density at radius 3 is 2.45 bits per heavy atom. The van der Waals surface area contributed by atoms with Gasteiger partial charge < -0.3 is 19.9 Å². The minimum absolute atomic E-state index is 0.111. The maximum Gasteiger partial charge on any atom is 0.268 e. The predicted molar refractivity (Wildman–Crippen MR) is 115 cm³/mol. The van der Waals surface area contributed by atoms with Gasteiger partial charge in [0.05, 0.1) is 16.8 Å². The zero-order valence-electron chi connectivity index (χ0n) is 15.7. The highest BCUT2D eigenvalue weighted by molar-refractivity contribution is 7.17. The van der Waals surface area contributed by atoms with Crippen molar-refractivity contribution >= 4 is 39.1 Å². The number of fused-ring (bicyclic) bond motifs is 1. The molecule has 4 aromatic rings. The number of amides is 2. The number of hydrogen-bond acceptors (Lipinski definition) is 4. The van der Waals surface area contributed by atoms with E-state index in [1.165, 1.54) is 0 Å². The molecule has 7 heteroatoms. The van der Waals surface area contributed by atoms with Gasteiger partial charge in [-0.05, 0) is 53.9 Å². The number of anilines is 1. The fourth-order valence-electron chi connectivity index (χ4n) is 2.96. The molecular weight excluding hydrogens is 386 g/mol. The molecule has 2 aromatic carbocycles. The Morgan fingerprint density at radius 1 is 1.00 bits per heavy atom. The van der Waals surface area contributed by atoms with E-state index in [0.717, 1.165) is 16.0 Å². The number of carbonyl (C=O) groups is 2. The molecule has 0 aliphatic rings. The van der Waals surface area contributed by atoms with Crippen LogP contribution >= 0.6 is 11.3 Å². The van der Waals surface area contributed by atoms with Crippen LogP contribution in [0.3, 0.4) is 0 Å². The van der Waals surface area contributed by atoms with Gasteiger partial charge in [0.25, 0.3) is 5.91 Å². The maximum atomic E-state index is 12.4. The Labute approximate surface area is 171 Å². The first-order valence-corrected chi connectivity index (χ1v) is 9.92. The molecule has 146 valence electrons. The van der Waals surface area contributed by atoms with Crippen LogP contribution in [0.15, 0.2) is 72.1 Å². The van der Waals surface area contributed by atoms with Gasteiger partial charge in [0, 0.05) is 12.7 Å². The molecule has 2 aromatic heterocycles. The van der Waals surface area contributed by atoms with Crippen LogP contribution in [0.25, 0.3) is 10.2 Å². The van der Waals surface area contributed by atoms with Crippen LogP contribution < -0.4 is 15.4 Å². The van der Waals surface area contributed by atoms with Crippen LogP contribution in [0.5, 0.6) is 11.5 Å². The molecule has 0 radical (unpaired) electrons. The third-order valence-corrected chi connectivity index (χ3v) is 5.28. The monoisotopic (exact) mass is 405 g/mol. The Bertz CT molecular complexity index is 1150. The molecule has 0 saturated heterocycles. The Hall–Kier alpha value is -3.58. The van der Waals surface area contributed by atoms with Crippen molar-refractivity contribution < 1.29 is 14.3 Å². The minimum Gasteiger partial charge on any atom is -0.457 e. The molecule has 0 spiro atoms. The van der Waals surface area contributed by atoms with E-state index in [1.807, 2.05) is 59.5 Å². The van der Waals surface area contributed by atoms with Gasteiger partial charge in [0.15, 0.2) is 0 Å². The second kappa shape index (κ2) is 8.20. The molecule has 2 amide bonds. The molecule has 4 rings (SSSR count). The topological polar surface area (TPSA) is 72.4 Å². The fraction of sp³-hybridized carbons (Fsp3) is 0.0909.